The van der Waals surface area contributed by atoms with Crippen molar-refractivity contribution in [1.82, 2.24) is 9.88 Å². The molecular formula is C14H21N3O2. The van der Waals surface area contributed by atoms with E-state index in [4.69, 9.17) is 0 Å². The van der Waals surface area contributed by atoms with Crippen molar-refractivity contribution in [3.8, 4) is 0 Å². The number of hydrogen-bond acceptors (Lipinski definition) is 4. The van der Waals surface area contributed by atoms with Crippen LogP contribution in [0.5, 0.6) is 0 Å². The number of aryl methyl sites for hydroxylation is 1. The molecule has 2 heterocycles. The van der Waals surface area contributed by atoms with Crippen molar-refractivity contribution >= 4 is 11.6 Å². The molecule has 2 atom stereocenters. The third kappa shape index (κ3) is 2.56. The Bertz CT molecular complexity index is 476. The van der Waals surface area contributed by atoms with Gasteiger partial charge in [0.2, 0.25) is 0 Å². The molecule has 2 N–H and O–H groups in total. The van der Waals surface area contributed by atoms with Crippen LogP contribution in [0.15, 0.2) is 12.3 Å². The minimum Gasteiger partial charge on any atom is -0.394 e. The monoisotopic (exact) mass is 263 g/mol. The number of nitrogens with one attached hydrogen (secondary N) is 1. The van der Waals surface area contributed by atoms with Crippen molar-refractivity contribution in [3.05, 3.63) is 23.5 Å². The second-order valence-corrected chi connectivity index (χ2v) is 5.14. The van der Waals surface area contributed by atoms with Crippen LogP contribution in [0.4, 0.5) is 5.69 Å². The van der Waals surface area contributed by atoms with Gasteiger partial charge in [0, 0.05) is 25.5 Å². The fourth-order valence-corrected chi connectivity index (χ4v) is 2.63. The van der Waals surface area contributed by atoms with E-state index in [2.05, 4.69) is 17.2 Å². The fraction of sp³-hybridized carbons (Fsp3) is 0.571. The summed E-state index contributed by atoms with van der Waals surface area (Å²) in [6, 6.07) is 1.78. The van der Waals surface area contributed by atoms with Gasteiger partial charge in [0.1, 0.15) is 0 Å². The third-order valence-corrected chi connectivity index (χ3v) is 3.87. The van der Waals surface area contributed by atoms with Crippen molar-refractivity contribution in [1.29, 1.82) is 0 Å². The first kappa shape index (κ1) is 13.8. The highest BCUT2D eigenvalue weighted by atomic mass is 16.3. The van der Waals surface area contributed by atoms with E-state index in [1.807, 2.05) is 13.0 Å². The van der Waals surface area contributed by atoms with Crippen LogP contribution in [-0.4, -0.2) is 47.1 Å². The van der Waals surface area contributed by atoms with Crippen LogP contribution < -0.4 is 5.32 Å². The first-order valence-electron chi connectivity index (χ1n) is 6.64. The van der Waals surface area contributed by atoms with Crippen molar-refractivity contribution < 1.29 is 9.90 Å². The zero-order valence-electron chi connectivity index (χ0n) is 11.7. The molecule has 5 nitrogen and oxygen atoms in total. The highest BCUT2D eigenvalue weighted by Gasteiger charge is 2.35. The van der Waals surface area contributed by atoms with Crippen LogP contribution in [0.2, 0.25) is 0 Å². The van der Waals surface area contributed by atoms with Crippen LogP contribution in [-0.2, 0) is 0 Å². The van der Waals surface area contributed by atoms with Gasteiger partial charge in [0.25, 0.3) is 5.91 Å². The second-order valence-electron chi connectivity index (χ2n) is 5.14. The van der Waals surface area contributed by atoms with E-state index in [0.29, 0.717) is 18.0 Å². The Morgan fingerprint density at radius 3 is 3.00 bits per heavy atom. The SMILES string of the molecule is CNc1cc(C)ncc1C(=O)N1CCC(C)C1CO. The van der Waals surface area contributed by atoms with Crippen molar-refractivity contribution in [3.63, 3.8) is 0 Å². The quantitative estimate of drug-likeness (QED) is 0.862. The standard InChI is InChI=1S/C14H21N3O2/c1-9-4-5-17(13(9)8-18)14(19)11-7-16-10(2)6-12(11)15-3/h6-7,9,13,18H,4-5,8H2,1-3H3,(H,15,16). The largest absolute Gasteiger partial charge is 0.394 e. The topological polar surface area (TPSA) is 65.5 Å². The molecule has 104 valence electrons. The minimum atomic E-state index is -0.0847. The minimum absolute atomic E-state index is 0.0150. The molecule has 1 aromatic rings. The maximum absolute atomic E-state index is 12.6. The number of rotatable bonds is 3. The van der Waals surface area contributed by atoms with Crippen LogP contribution in [0.25, 0.3) is 0 Å². The summed E-state index contributed by atoms with van der Waals surface area (Å²) < 4.78 is 0. The average molecular weight is 263 g/mol. The van der Waals surface area contributed by atoms with E-state index in [1.165, 1.54) is 0 Å². The summed E-state index contributed by atoms with van der Waals surface area (Å²) in [5, 5.41) is 12.5. The highest BCUT2D eigenvalue weighted by Crippen LogP contribution is 2.27. The van der Waals surface area contributed by atoms with Crippen LogP contribution >= 0.6 is 0 Å². The number of likely N-dealkylation sites (tertiary alicyclic amines) is 1. The number of aliphatic hydroxyl groups is 1. The molecule has 0 bridgehead atoms. The summed E-state index contributed by atoms with van der Waals surface area (Å²) in [4.78, 5) is 18.5. The number of pyridine rings is 1. The van der Waals surface area contributed by atoms with E-state index < -0.39 is 0 Å². The Kier molecular flexibility index (Phi) is 4.04. The Morgan fingerprint density at radius 1 is 1.63 bits per heavy atom. The lowest BCUT2D eigenvalue weighted by molar-refractivity contribution is 0.0648. The first-order valence-corrected chi connectivity index (χ1v) is 6.64. The molecule has 1 aliphatic heterocycles. The molecule has 2 rings (SSSR count). The van der Waals surface area contributed by atoms with Crippen molar-refractivity contribution in [2.45, 2.75) is 26.3 Å². The molecule has 1 aromatic heterocycles. The van der Waals surface area contributed by atoms with Crippen molar-refractivity contribution in [2.24, 2.45) is 5.92 Å². The van der Waals surface area contributed by atoms with E-state index in [9.17, 15) is 9.90 Å². The van der Waals surface area contributed by atoms with Gasteiger partial charge in [-0.1, -0.05) is 6.92 Å². The zero-order chi connectivity index (χ0) is 14.0. The summed E-state index contributed by atoms with van der Waals surface area (Å²) in [5.74, 6) is 0.283. The van der Waals surface area contributed by atoms with E-state index in [0.717, 1.165) is 17.8 Å². The van der Waals surface area contributed by atoms with E-state index in [1.54, 1.807) is 18.1 Å². The van der Waals surface area contributed by atoms with Crippen LogP contribution in [0.1, 0.15) is 29.4 Å². The number of aromatic nitrogens is 1. The number of carbonyl (C=O) groups excluding carboxylic acids is 1. The van der Waals surface area contributed by atoms with Gasteiger partial charge in [-0.3, -0.25) is 9.78 Å². The number of amides is 1. The zero-order valence-corrected chi connectivity index (χ0v) is 11.7. The molecule has 0 spiro atoms. The lowest BCUT2D eigenvalue weighted by atomic mass is 10.0. The number of hydrogen-bond donors (Lipinski definition) is 2. The fourth-order valence-electron chi connectivity index (χ4n) is 2.63. The average Bonchev–Trinajstić information content (AvgIpc) is 2.78. The molecule has 19 heavy (non-hydrogen) atoms. The van der Waals surface area contributed by atoms with Gasteiger partial charge in [-0.25, -0.2) is 0 Å². The van der Waals surface area contributed by atoms with Crippen molar-refractivity contribution in [2.75, 3.05) is 25.5 Å². The summed E-state index contributed by atoms with van der Waals surface area (Å²) in [7, 11) is 1.79. The summed E-state index contributed by atoms with van der Waals surface area (Å²) in [6.07, 6.45) is 2.55. The molecule has 0 radical (unpaired) electrons. The van der Waals surface area contributed by atoms with Gasteiger partial charge in [0.05, 0.1) is 23.9 Å². The maximum atomic E-state index is 12.6. The number of nitrogens with zero attached hydrogens (tertiary/aromatic N) is 2. The summed E-state index contributed by atoms with van der Waals surface area (Å²) in [6.45, 7) is 4.67. The summed E-state index contributed by atoms with van der Waals surface area (Å²) in [5.41, 5.74) is 2.23. The Morgan fingerprint density at radius 2 is 2.37 bits per heavy atom. The van der Waals surface area contributed by atoms with Gasteiger partial charge in [-0.05, 0) is 25.3 Å². The smallest absolute Gasteiger partial charge is 0.257 e. The molecule has 1 aliphatic rings. The Balaban J connectivity index is 2.29. The van der Waals surface area contributed by atoms with Gasteiger partial charge >= 0.3 is 0 Å². The first-order chi connectivity index (χ1) is 9.08. The van der Waals surface area contributed by atoms with Gasteiger partial charge in [-0.15, -0.1) is 0 Å². The molecule has 1 amide bonds. The van der Waals surface area contributed by atoms with E-state index in [-0.39, 0.29) is 18.6 Å². The molecule has 0 saturated carbocycles. The maximum Gasteiger partial charge on any atom is 0.257 e. The summed E-state index contributed by atoms with van der Waals surface area (Å²) >= 11 is 0. The van der Waals surface area contributed by atoms with Crippen LogP contribution in [0, 0.1) is 12.8 Å². The molecule has 1 saturated heterocycles. The van der Waals surface area contributed by atoms with Gasteiger partial charge < -0.3 is 15.3 Å². The molecule has 2 unspecified atom stereocenters. The van der Waals surface area contributed by atoms with E-state index >= 15 is 0 Å². The number of carbonyl (C=O) groups is 1. The molecule has 0 aliphatic carbocycles. The predicted octanol–water partition coefficient (Wildman–Crippen LogP) is 1.27. The predicted molar refractivity (Wildman–Crippen MR) is 74.2 cm³/mol. The van der Waals surface area contributed by atoms with Gasteiger partial charge in [0.15, 0.2) is 0 Å². The molecule has 5 heteroatoms. The highest BCUT2D eigenvalue weighted by molar-refractivity contribution is 5.99. The van der Waals surface area contributed by atoms with Crippen LogP contribution in [0.3, 0.4) is 0 Å². The number of anilines is 1. The molecule has 1 fully saturated rings. The lowest BCUT2D eigenvalue weighted by Crippen LogP contribution is -2.40. The molecule has 0 aromatic carbocycles. The second kappa shape index (κ2) is 5.57. The van der Waals surface area contributed by atoms with Gasteiger partial charge in [-0.2, -0.15) is 0 Å². The number of aliphatic hydroxyl groups excluding tert-OH is 1. The lowest BCUT2D eigenvalue weighted by Gasteiger charge is -2.26. The molecular weight excluding hydrogens is 242 g/mol. The normalized spacial score (nSPS) is 22.6. The third-order valence-electron chi connectivity index (χ3n) is 3.87. The Labute approximate surface area is 113 Å². The Hall–Kier alpha value is -1.62.